The average Bonchev–Trinajstić information content (AvgIpc) is 2.44. The van der Waals surface area contributed by atoms with Crippen molar-refractivity contribution in [3.05, 3.63) is 29.8 Å². The van der Waals surface area contributed by atoms with E-state index in [1.165, 1.54) is 12.8 Å². The van der Waals surface area contributed by atoms with Crippen LogP contribution in [-0.4, -0.2) is 19.2 Å². The predicted octanol–water partition coefficient (Wildman–Crippen LogP) is 2.10. The molecule has 4 nitrogen and oxygen atoms in total. The van der Waals surface area contributed by atoms with Crippen molar-refractivity contribution in [3.8, 4) is 5.75 Å². The van der Waals surface area contributed by atoms with Crippen LogP contribution in [0.5, 0.6) is 5.75 Å². The van der Waals surface area contributed by atoms with Crippen LogP contribution in [0.25, 0.3) is 0 Å². The van der Waals surface area contributed by atoms with E-state index < -0.39 is 6.04 Å². The van der Waals surface area contributed by atoms with Crippen molar-refractivity contribution in [1.82, 2.24) is 0 Å². The smallest absolute Gasteiger partial charge is 0.369 e. The normalized spacial score (nSPS) is 11.9. The zero-order valence-electron chi connectivity index (χ0n) is 11.9. The van der Waals surface area contributed by atoms with Gasteiger partial charge in [-0.05, 0) is 37.6 Å². The molecule has 0 fully saturated rings. The van der Waals surface area contributed by atoms with Crippen LogP contribution >= 0.6 is 0 Å². The maximum Gasteiger partial charge on any atom is 0.369 e. The molecule has 0 saturated carbocycles. The van der Waals surface area contributed by atoms with Crippen molar-refractivity contribution in [2.45, 2.75) is 39.2 Å². The van der Waals surface area contributed by atoms with Gasteiger partial charge in [0, 0.05) is 5.56 Å². The quantitative estimate of drug-likeness (QED) is 0.579. The molecule has 106 valence electrons. The summed E-state index contributed by atoms with van der Waals surface area (Å²) in [6.07, 6.45) is 3.44. The Balaban J connectivity index is 2.48. The fourth-order valence-electron chi connectivity index (χ4n) is 1.72. The van der Waals surface area contributed by atoms with E-state index in [0.717, 1.165) is 24.3 Å². The number of hydrogen-bond acceptors (Lipinski definition) is 3. The molecular formula is C15H24NO3+. The summed E-state index contributed by atoms with van der Waals surface area (Å²) in [7, 11) is 0. The van der Waals surface area contributed by atoms with Crippen molar-refractivity contribution in [1.29, 1.82) is 0 Å². The van der Waals surface area contributed by atoms with Crippen LogP contribution in [0.1, 0.15) is 44.7 Å². The molecule has 0 aliphatic rings. The van der Waals surface area contributed by atoms with Gasteiger partial charge in [0.1, 0.15) is 5.75 Å². The van der Waals surface area contributed by atoms with E-state index in [1.54, 1.807) is 6.92 Å². The summed E-state index contributed by atoms with van der Waals surface area (Å²) >= 11 is 0. The minimum Gasteiger partial charge on any atom is -0.494 e. The Labute approximate surface area is 114 Å². The van der Waals surface area contributed by atoms with Gasteiger partial charge in [-0.3, -0.25) is 0 Å². The minimum atomic E-state index is -0.478. The summed E-state index contributed by atoms with van der Waals surface area (Å²) in [4.78, 5) is 11.6. The zero-order valence-corrected chi connectivity index (χ0v) is 11.9. The summed E-state index contributed by atoms with van der Waals surface area (Å²) in [5, 5.41) is 0. The van der Waals surface area contributed by atoms with Gasteiger partial charge < -0.3 is 15.2 Å². The van der Waals surface area contributed by atoms with E-state index in [1.807, 2.05) is 24.3 Å². The number of unbranched alkanes of at least 4 members (excludes halogenated alkanes) is 2. The maximum atomic E-state index is 11.6. The van der Waals surface area contributed by atoms with Crippen LogP contribution in [0.2, 0.25) is 0 Å². The fraction of sp³-hybridized carbons (Fsp3) is 0.533. The number of rotatable bonds is 8. The fourth-order valence-corrected chi connectivity index (χ4v) is 1.72. The third kappa shape index (κ3) is 5.30. The molecule has 3 N–H and O–H groups in total. The highest BCUT2D eigenvalue weighted by molar-refractivity contribution is 5.75. The summed E-state index contributed by atoms with van der Waals surface area (Å²) in [6, 6.07) is 7.00. The van der Waals surface area contributed by atoms with E-state index in [-0.39, 0.29) is 5.97 Å². The monoisotopic (exact) mass is 266 g/mol. The lowest BCUT2D eigenvalue weighted by Crippen LogP contribution is -2.57. The third-order valence-corrected chi connectivity index (χ3v) is 2.87. The van der Waals surface area contributed by atoms with Crippen LogP contribution in [0.15, 0.2) is 24.3 Å². The first kappa shape index (κ1) is 15.5. The number of quaternary nitrogens is 1. The first-order chi connectivity index (χ1) is 9.19. The third-order valence-electron chi connectivity index (χ3n) is 2.87. The zero-order chi connectivity index (χ0) is 14.1. The summed E-state index contributed by atoms with van der Waals surface area (Å²) in [5.74, 6) is 0.537. The molecule has 0 aliphatic carbocycles. The molecule has 0 saturated heterocycles. The molecule has 0 aromatic heterocycles. The van der Waals surface area contributed by atoms with Crippen molar-refractivity contribution in [2.75, 3.05) is 13.2 Å². The lowest BCUT2D eigenvalue weighted by Gasteiger charge is -2.09. The van der Waals surface area contributed by atoms with Gasteiger partial charge in [0.15, 0.2) is 0 Å². The molecule has 1 atom stereocenters. The second kappa shape index (κ2) is 8.53. The molecule has 0 unspecified atom stereocenters. The number of benzene rings is 1. The second-order valence-corrected chi connectivity index (χ2v) is 4.43. The number of ether oxygens (including phenoxy) is 2. The van der Waals surface area contributed by atoms with Crippen molar-refractivity contribution in [3.63, 3.8) is 0 Å². The highest BCUT2D eigenvalue weighted by atomic mass is 16.5. The van der Waals surface area contributed by atoms with Crippen LogP contribution < -0.4 is 10.5 Å². The standard InChI is InChI=1S/C15H23NO3/c1-3-5-6-11-19-13-9-7-12(8-10-13)14(16)15(17)18-4-2/h7-10,14H,3-6,11,16H2,1-2H3/p+1/t14-/m1/s1. The Morgan fingerprint density at radius 3 is 2.47 bits per heavy atom. The molecule has 0 amide bonds. The summed E-state index contributed by atoms with van der Waals surface area (Å²) < 4.78 is 10.6. The molecule has 4 heteroatoms. The molecule has 0 radical (unpaired) electrons. The van der Waals surface area contributed by atoms with Gasteiger partial charge in [0.2, 0.25) is 6.04 Å². The lowest BCUT2D eigenvalue weighted by molar-refractivity contribution is -0.414. The molecule has 1 aromatic rings. The molecule has 0 bridgehead atoms. The van der Waals surface area contributed by atoms with E-state index in [4.69, 9.17) is 9.47 Å². The Hall–Kier alpha value is -1.55. The van der Waals surface area contributed by atoms with Gasteiger partial charge in [-0.2, -0.15) is 0 Å². The van der Waals surface area contributed by atoms with Gasteiger partial charge in [-0.15, -0.1) is 0 Å². The topological polar surface area (TPSA) is 63.2 Å². The maximum absolute atomic E-state index is 11.6. The molecule has 1 aromatic carbocycles. The molecule has 0 heterocycles. The number of esters is 1. The Morgan fingerprint density at radius 1 is 1.21 bits per heavy atom. The number of carbonyl (C=O) groups excluding carboxylic acids is 1. The Kier molecular flexibility index (Phi) is 6.97. The molecule has 19 heavy (non-hydrogen) atoms. The molecule has 0 aliphatic heterocycles. The van der Waals surface area contributed by atoms with Crippen molar-refractivity contribution < 1.29 is 20.0 Å². The van der Waals surface area contributed by atoms with Crippen LogP contribution in [-0.2, 0) is 9.53 Å². The first-order valence-electron chi connectivity index (χ1n) is 6.91. The van der Waals surface area contributed by atoms with Crippen molar-refractivity contribution in [2.24, 2.45) is 0 Å². The van der Waals surface area contributed by atoms with Gasteiger partial charge in [0.05, 0.1) is 13.2 Å². The SMILES string of the molecule is CCCCCOc1ccc([C@@H]([NH3+])C(=O)OCC)cc1. The highest BCUT2D eigenvalue weighted by Gasteiger charge is 2.20. The lowest BCUT2D eigenvalue weighted by atomic mass is 10.1. The van der Waals surface area contributed by atoms with Gasteiger partial charge in [-0.1, -0.05) is 19.8 Å². The van der Waals surface area contributed by atoms with E-state index in [9.17, 15) is 4.79 Å². The van der Waals surface area contributed by atoms with E-state index in [2.05, 4.69) is 12.7 Å². The van der Waals surface area contributed by atoms with Gasteiger partial charge in [-0.25, -0.2) is 4.79 Å². The second-order valence-electron chi connectivity index (χ2n) is 4.43. The molecule has 1 rings (SSSR count). The van der Waals surface area contributed by atoms with Crippen LogP contribution in [0.3, 0.4) is 0 Å². The Bertz CT molecular complexity index is 375. The van der Waals surface area contributed by atoms with Gasteiger partial charge in [0.25, 0.3) is 0 Å². The average molecular weight is 266 g/mol. The highest BCUT2D eigenvalue weighted by Crippen LogP contribution is 2.16. The summed E-state index contributed by atoms with van der Waals surface area (Å²) in [6.45, 7) is 5.07. The predicted molar refractivity (Wildman–Crippen MR) is 73.7 cm³/mol. The molecular weight excluding hydrogens is 242 g/mol. The summed E-state index contributed by atoms with van der Waals surface area (Å²) in [5.41, 5.74) is 4.67. The molecule has 0 spiro atoms. The first-order valence-corrected chi connectivity index (χ1v) is 6.91. The van der Waals surface area contributed by atoms with Gasteiger partial charge >= 0.3 is 5.97 Å². The van der Waals surface area contributed by atoms with Crippen LogP contribution in [0.4, 0.5) is 0 Å². The Morgan fingerprint density at radius 2 is 1.89 bits per heavy atom. The minimum absolute atomic E-state index is 0.292. The van der Waals surface area contributed by atoms with E-state index >= 15 is 0 Å². The number of carbonyl (C=O) groups is 1. The van der Waals surface area contributed by atoms with Crippen molar-refractivity contribution >= 4 is 5.97 Å². The largest absolute Gasteiger partial charge is 0.494 e. The number of hydrogen-bond donors (Lipinski definition) is 1. The van der Waals surface area contributed by atoms with Crippen LogP contribution in [0, 0.1) is 0 Å². The van der Waals surface area contributed by atoms with E-state index in [0.29, 0.717) is 6.61 Å².